The summed E-state index contributed by atoms with van der Waals surface area (Å²) < 4.78 is 0. The maximum atomic E-state index is 11.4. The zero-order chi connectivity index (χ0) is 11.4. The number of carbonyl (C=O) groups is 2. The number of nitrogens with one attached hydrogen (secondary N) is 2. The molecule has 5 heteroatoms. The maximum absolute atomic E-state index is 11.4. The van der Waals surface area contributed by atoms with Crippen LogP contribution in [0, 0.1) is 5.92 Å². The molecule has 2 atom stereocenters. The number of rotatable bonds is 5. The standard InChI is InChI=1S/C10H18N2O3/c1-3-8(9(13)14)12-10(15)11-6(2)7-4-5-7/h6-8H,3-5H2,1-2H3,(H,13,14)(H2,11,12,15)/t6?,8-/m0/s1. The highest BCUT2D eigenvalue weighted by Gasteiger charge is 2.29. The van der Waals surface area contributed by atoms with Gasteiger partial charge in [-0.05, 0) is 32.1 Å². The summed E-state index contributed by atoms with van der Waals surface area (Å²) in [6.45, 7) is 3.67. The quantitative estimate of drug-likeness (QED) is 0.637. The van der Waals surface area contributed by atoms with E-state index in [1.54, 1.807) is 6.92 Å². The fourth-order valence-corrected chi connectivity index (χ4v) is 1.46. The highest BCUT2D eigenvalue weighted by atomic mass is 16.4. The highest BCUT2D eigenvalue weighted by Crippen LogP contribution is 2.32. The Morgan fingerprint density at radius 1 is 1.40 bits per heavy atom. The van der Waals surface area contributed by atoms with E-state index in [1.165, 1.54) is 0 Å². The SMILES string of the molecule is CC[C@H](NC(=O)NC(C)C1CC1)C(=O)O. The van der Waals surface area contributed by atoms with E-state index in [-0.39, 0.29) is 12.1 Å². The first-order valence-electron chi connectivity index (χ1n) is 5.34. The number of hydrogen-bond donors (Lipinski definition) is 3. The number of carboxylic acids is 1. The van der Waals surface area contributed by atoms with E-state index in [4.69, 9.17) is 5.11 Å². The molecule has 0 heterocycles. The van der Waals surface area contributed by atoms with Crippen LogP contribution in [-0.4, -0.2) is 29.2 Å². The van der Waals surface area contributed by atoms with Crippen molar-refractivity contribution in [2.45, 2.75) is 45.2 Å². The van der Waals surface area contributed by atoms with Gasteiger partial charge in [0.05, 0.1) is 0 Å². The van der Waals surface area contributed by atoms with Crippen LogP contribution in [0.2, 0.25) is 0 Å². The highest BCUT2D eigenvalue weighted by molar-refractivity contribution is 5.82. The van der Waals surface area contributed by atoms with Crippen molar-refractivity contribution in [3.05, 3.63) is 0 Å². The van der Waals surface area contributed by atoms with Crippen molar-refractivity contribution in [2.24, 2.45) is 5.92 Å². The van der Waals surface area contributed by atoms with Crippen molar-refractivity contribution < 1.29 is 14.7 Å². The Morgan fingerprint density at radius 2 is 2.00 bits per heavy atom. The lowest BCUT2D eigenvalue weighted by molar-refractivity contribution is -0.139. The fourth-order valence-electron chi connectivity index (χ4n) is 1.46. The van der Waals surface area contributed by atoms with E-state index >= 15 is 0 Å². The van der Waals surface area contributed by atoms with E-state index in [0.717, 1.165) is 12.8 Å². The molecule has 0 saturated heterocycles. The zero-order valence-electron chi connectivity index (χ0n) is 9.12. The van der Waals surface area contributed by atoms with Crippen molar-refractivity contribution in [3.63, 3.8) is 0 Å². The Kier molecular flexibility index (Phi) is 3.94. The molecule has 2 amide bonds. The molecule has 1 rings (SSSR count). The van der Waals surface area contributed by atoms with Gasteiger partial charge in [-0.3, -0.25) is 0 Å². The Bertz CT molecular complexity index is 251. The van der Waals surface area contributed by atoms with Crippen LogP contribution in [0.15, 0.2) is 0 Å². The lowest BCUT2D eigenvalue weighted by atomic mass is 10.2. The molecule has 5 nitrogen and oxygen atoms in total. The van der Waals surface area contributed by atoms with Gasteiger partial charge in [0.25, 0.3) is 0 Å². The number of carboxylic acid groups (broad SMARTS) is 1. The third kappa shape index (κ3) is 3.77. The average Bonchev–Trinajstić information content (AvgIpc) is 2.96. The molecule has 1 unspecified atom stereocenters. The van der Waals surface area contributed by atoms with Crippen LogP contribution in [0.3, 0.4) is 0 Å². The van der Waals surface area contributed by atoms with E-state index in [2.05, 4.69) is 10.6 Å². The fraction of sp³-hybridized carbons (Fsp3) is 0.800. The lowest BCUT2D eigenvalue weighted by Crippen LogP contribution is -2.48. The molecule has 15 heavy (non-hydrogen) atoms. The molecule has 1 saturated carbocycles. The van der Waals surface area contributed by atoms with Crippen LogP contribution in [0.5, 0.6) is 0 Å². The van der Waals surface area contributed by atoms with E-state index in [1.807, 2.05) is 6.92 Å². The molecular formula is C10H18N2O3. The first-order chi connectivity index (χ1) is 7.04. The van der Waals surface area contributed by atoms with Crippen molar-refractivity contribution in [1.82, 2.24) is 10.6 Å². The summed E-state index contributed by atoms with van der Waals surface area (Å²) in [4.78, 5) is 22.0. The van der Waals surface area contributed by atoms with Gasteiger partial charge >= 0.3 is 12.0 Å². The van der Waals surface area contributed by atoms with Gasteiger partial charge in [0.2, 0.25) is 0 Å². The van der Waals surface area contributed by atoms with Crippen LogP contribution in [-0.2, 0) is 4.79 Å². The van der Waals surface area contributed by atoms with E-state index in [0.29, 0.717) is 12.3 Å². The third-order valence-corrected chi connectivity index (χ3v) is 2.70. The minimum atomic E-state index is -0.994. The van der Waals surface area contributed by atoms with Gasteiger partial charge < -0.3 is 15.7 Å². The second kappa shape index (κ2) is 5.00. The average molecular weight is 214 g/mol. The molecule has 0 aliphatic heterocycles. The van der Waals surface area contributed by atoms with E-state index < -0.39 is 12.0 Å². The molecule has 0 aromatic rings. The van der Waals surface area contributed by atoms with Gasteiger partial charge in [0, 0.05) is 6.04 Å². The lowest BCUT2D eigenvalue weighted by Gasteiger charge is -2.16. The minimum Gasteiger partial charge on any atom is -0.480 e. The Morgan fingerprint density at radius 3 is 2.40 bits per heavy atom. The van der Waals surface area contributed by atoms with Crippen LogP contribution in [0.4, 0.5) is 4.79 Å². The number of amides is 2. The maximum Gasteiger partial charge on any atom is 0.326 e. The zero-order valence-corrected chi connectivity index (χ0v) is 9.12. The van der Waals surface area contributed by atoms with Gasteiger partial charge in [0.15, 0.2) is 0 Å². The largest absolute Gasteiger partial charge is 0.480 e. The summed E-state index contributed by atoms with van der Waals surface area (Å²) in [5, 5.41) is 13.9. The summed E-state index contributed by atoms with van der Waals surface area (Å²) in [5.41, 5.74) is 0. The van der Waals surface area contributed by atoms with Crippen molar-refractivity contribution in [1.29, 1.82) is 0 Å². The normalized spacial score (nSPS) is 19.1. The van der Waals surface area contributed by atoms with Gasteiger partial charge in [0.1, 0.15) is 6.04 Å². The second-order valence-corrected chi connectivity index (χ2v) is 4.04. The van der Waals surface area contributed by atoms with Gasteiger partial charge in [-0.15, -0.1) is 0 Å². The molecule has 0 radical (unpaired) electrons. The Labute approximate surface area is 89.2 Å². The van der Waals surface area contributed by atoms with E-state index in [9.17, 15) is 9.59 Å². The number of aliphatic carboxylic acids is 1. The summed E-state index contributed by atoms with van der Waals surface area (Å²) in [6.07, 6.45) is 2.69. The predicted molar refractivity (Wildman–Crippen MR) is 55.6 cm³/mol. The molecule has 1 aliphatic carbocycles. The summed E-state index contributed by atoms with van der Waals surface area (Å²) in [5.74, 6) is -0.424. The number of carbonyl (C=O) groups excluding carboxylic acids is 1. The summed E-state index contributed by atoms with van der Waals surface area (Å²) in [7, 11) is 0. The molecule has 1 fully saturated rings. The minimum absolute atomic E-state index is 0.135. The first kappa shape index (κ1) is 11.8. The topological polar surface area (TPSA) is 78.4 Å². The summed E-state index contributed by atoms with van der Waals surface area (Å²) >= 11 is 0. The Balaban J connectivity index is 2.29. The Hall–Kier alpha value is -1.26. The molecule has 0 aromatic carbocycles. The third-order valence-electron chi connectivity index (χ3n) is 2.70. The summed E-state index contributed by atoms with van der Waals surface area (Å²) in [6, 6.07) is -1.05. The van der Waals surface area contributed by atoms with Gasteiger partial charge in [-0.2, -0.15) is 0 Å². The molecule has 0 spiro atoms. The van der Waals surface area contributed by atoms with Crippen LogP contribution in [0.25, 0.3) is 0 Å². The van der Waals surface area contributed by atoms with Crippen molar-refractivity contribution >= 4 is 12.0 Å². The molecule has 86 valence electrons. The van der Waals surface area contributed by atoms with Crippen LogP contribution >= 0.6 is 0 Å². The van der Waals surface area contributed by atoms with Crippen molar-refractivity contribution in [2.75, 3.05) is 0 Å². The smallest absolute Gasteiger partial charge is 0.326 e. The van der Waals surface area contributed by atoms with Gasteiger partial charge in [-0.25, -0.2) is 9.59 Å². The van der Waals surface area contributed by atoms with Crippen LogP contribution in [0.1, 0.15) is 33.1 Å². The second-order valence-electron chi connectivity index (χ2n) is 4.04. The monoisotopic (exact) mass is 214 g/mol. The predicted octanol–water partition coefficient (Wildman–Crippen LogP) is 0.947. The number of urea groups is 1. The molecular weight excluding hydrogens is 196 g/mol. The molecule has 0 bridgehead atoms. The molecule has 1 aliphatic rings. The van der Waals surface area contributed by atoms with Crippen LogP contribution < -0.4 is 10.6 Å². The number of hydrogen-bond acceptors (Lipinski definition) is 2. The molecule has 0 aromatic heterocycles. The molecule has 3 N–H and O–H groups in total. The van der Waals surface area contributed by atoms with Crippen molar-refractivity contribution in [3.8, 4) is 0 Å². The first-order valence-corrected chi connectivity index (χ1v) is 5.34. The van der Waals surface area contributed by atoms with Gasteiger partial charge in [-0.1, -0.05) is 6.92 Å².